The third-order valence-corrected chi connectivity index (χ3v) is 3.58. The third-order valence-electron chi connectivity index (χ3n) is 3.58. The van der Waals surface area contributed by atoms with Crippen molar-refractivity contribution in [3.8, 4) is 23.6 Å². The fraction of sp³-hybridized carbons (Fsp3) is 0.0476. The molecule has 0 saturated heterocycles. The number of hydrogen-bond acceptors (Lipinski definition) is 8. The molecule has 0 aliphatic heterocycles. The molecule has 144 valence electrons. The molecule has 0 radical (unpaired) electrons. The van der Waals surface area contributed by atoms with Gasteiger partial charge in [-0.1, -0.05) is 42.5 Å². The fourth-order valence-corrected chi connectivity index (χ4v) is 2.28. The normalized spacial score (nSPS) is 10.6. The number of ether oxygens (including phenoxy) is 2. The van der Waals surface area contributed by atoms with Gasteiger partial charge >= 0.3 is 5.97 Å². The Bertz CT molecular complexity index is 1060. The molecule has 1 aromatic heterocycles. The molecular weight excluding hydrogens is 374 g/mol. The summed E-state index contributed by atoms with van der Waals surface area (Å²) >= 11 is 0. The lowest BCUT2D eigenvalue weighted by molar-refractivity contribution is -0.207. The molecule has 0 spiro atoms. The molecule has 0 saturated carbocycles. The zero-order chi connectivity index (χ0) is 20.5. The quantitative estimate of drug-likeness (QED) is 0.261. The van der Waals surface area contributed by atoms with E-state index in [1.807, 2.05) is 12.1 Å². The van der Waals surface area contributed by atoms with E-state index >= 15 is 0 Å². The van der Waals surface area contributed by atoms with Crippen LogP contribution < -0.4 is 9.62 Å². The van der Waals surface area contributed by atoms with Crippen molar-refractivity contribution in [3.63, 3.8) is 0 Å². The maximum atomic E-state index is 12.4. The van der Waals surface area contributed by atoms with E-state index in [9.17, 15) is 4.79 Å². The minimum absolute atomic E-state index is 0.0531. The van der Waals surface area contributed by atoms with Gasteiger partial charge in [0.05, 0.1) is 25.0 Å². The van der Waals surface area contributed by atoms with E-state index in [0.29, 0.717) is 16.9 Å². The number of nitriles is 1. The molecule has 0 aliphatic carbocycles. The lowest BCUT2D eigenvalue weighted by atomic mass is 10.1. The van der Waals surface area contributed by atoms with Crippen molar-refractivity contribution in [2.75, 3.05) is 7.11 Å². The van der Waals surface area contributed by atoms with Gasteiger partial charge in [0.2, 0.25) is 5.88 Å². The lowest BCUT2D eigenvalue weighted by Gasteiger charge is -2.08. The zero-order valence-corrected chi connectivity index (χ0v) is 15.3. The highest BCUT2D eigenvalue weighted by molar-refractivity contribution is 6.15. The maximum absolute atomic E-state index is 12.4. The molecule has 0 amide bonds. The summed E-state index contributed by atoms with van der Waals surface area (Å²) in [5.74, 6) is -0.382. The number of carbonyl (C=O) groups excluding carboxylic acids is 1. The highest BCUT2D eigenvalue weighted by Gasteiger charge is 2.17. The Hall–Kier alpha value is -4.38. The molecular formula is C21H15N3O5. The van der Waals surface area contributed by atoms with Crippen LogP contribution in [0.3, 0.4) is 0 Å². The summed E-state index contributed by atoms with van der Waals surface area (Å²) in [6.45, 7) is 0. The van der Waals surface area contributed by atoms with Gasteiger partial charge < -0.3 is 9.47 Å². The second-order valence-electron chi connectivity index (χ2n) is 5.49. The molecule has 0 aliphatic rings. The van der Waals surface area contributed by atoms with E-state index in [1.165, 1.54) is 25.8 Å². The van der Waals surface area contributed by atoms with Crippen LogP contribution in [0.5, 0.6) is 17.5 Å². The molecule has 2 aromatic carbocycles. The molecule has 0 fully saturated rings. The Morgan fingerprint density at radius 3 is 2.52 bits per heavy atom. The Morgan fingerprint density at radius 2 is 1.76 bits per heavy atom. The first-order chi connectivity index (χ1) is 14.2. The van der Waals surface area contributed by atoms with Gasteiger partial charge in [0.25, 0.3) is 5.88 Å². The summed E-state index contributed by atoms with van der Waals surface area (Å²) in [5.41, 5.74) is 1.11. The monoisotopic (exact) mass is 389 g/mol. The van der Waals surface area contributed by atoms with Crippen LogP contribution in [0.4, 0.5) is 0 Å². The minimum atomic E-state index is -0.769. The molecule has 29 heavy (non-hydrogen) atoms. The average Bonchev–Trinajstić information content (AvgIpc) is 2.77. The van der Waals surface area contributed by atoms with Crippen molar-refractivity contribution in [1.29, 1.82) is 5.26 Å². The second kappa shape index (κ2) is 9.53. The van der Waals surface area contributed by atoms with E-state index in [0.717, 1.165) is 0 Å². The minimum Gasteiger partial charge on any atom is -0.503 e. The number of hydrogen-bond donors (Lipinski definition) is 0. The van der Waals surface area contributed by atoms with Gasteiger partial charge in [-0.2, -0.15) is 10.2 Å². The van der Waals surface area contributed by atoms with Gasteiger partial charge in [-0.05, 0) is 17.7 Å². The summed E-state index contributed by atoms with van der Waals surface area (Å²) in [4.78, 5) is 30.1. The number of nitrogens with zero attached hydrogens (tertiary/aromatic N) is 3. The number of aromatic nitrogens is 2. The van der Waals surface area contributed by atoms with Crippen LogP contribution in [-0.4, -0.2) is 23.0 Å². The zero-order valence-electron chi connectivity index (χ0n) is 15.3. The van der Waals surface area contributed by atoms with E-state index in [2.05, 4.69) is 9.97 Å². The first kappa shape index (κ1) is 19.4. The number of carbonyl (C=O) groups is 1. The van der Waals surface area contributed by atoms with Crippen LogP contribution in [0.25, 0.3) is 5.57 Å². The van der Waals surface area contributed by atoms with Crippen LogP contribution in [-0.2, 0) is 14.4 Å². The summed E-state index contributed by atoms with van der Waals surface area (Å²) in [7, 11) is 1.42. The summed E-state index contributed by atoms with van der Waals surface area (Å²) in [5, 5.41) is 9.13. The Kier molecular flexibility index (Phi) is 6.37. The van der Waals surface area contributed by atoms with E-state index in [-0.39, 0.29) is 17.3 Å². The highest BCUT2D eigenvalue weighted by Crippen LogP contribution is 2.25. The first-order valence-corrected chi connectivity index (χ1v) is 8.37. The number of benzene rings is 2. The van der Waals surface area contributed by atoms with Crippen molar-refractivity contribution < 1.29 is 24.0 Å². The number of methoxy groups -OCH3 is 1. The Morgan fingerprint density at radius 1 is 1.03 bits per heavy atom. The van der Waals surface area contributed by atoms with E-state index < -0.39 is 5.97 Å². The van der Waals surface area contributed by atoms with Gasteiger partial charge in [0.15, 0.2) is 0 Å². The maximum Gasteiger partial charge on any atom is 0.389 e. The molecule has 0 N–H and O–H groups in total. The predicted molar refractivity (Wildman–Crippen MR) is 101 cm³/mol. The molecule has 0 bridgehead atoms. The van der Waals surface area contributed by atoms with Crippen LogP contribution in [0, 0.1) is 11.3 Å². The second-order valence-corrected chi connectivity index (χ2v) is 5.49. The summed E-state index contributed by atoms with van der Waals surface area (Å²) in [6.07, 6.45) is 2.44. The summed E-state index contributed by atoms with van der Waals surface area (Å²) in [6, 6.07) is 18.9. The van der Waals surface area contributed by atoms with E-state index in [4.69, 9.17) is 24.5 Å². The molecule has 3 rings (SSSR count). The standard InChI is InChI=1S/C21H15N3O5/c1-26-13-17(15-7-3-2-4-8-15)21(25)29-28-20-11-19(23-14-24-20)27-18-10-6-5-9-16(18)12-22/h2-11,13-14H,1H3/b17-13-. The van der Waals surface area contributed by atoms with Crippen LogP contribution in [0.2, 0.25) is 0 Å². The van der Waals surface area contributed by atoms with Crippen LogP contribution in [0.15, 0.2) is 73.3 Å². The Labute approximate surface area is 166 Å². The average molecular weight is 389 g/mol. The van der Waals surface area contributed by atoms with Crippen molar-refractivity contribution in [2.24, 2.45) is 0 Å². The van der Waals surface area contributed by atoms with Gasteiger partial charge in [-0.15, -0.1) is 0 Å². The third kappa shape index (κ3) is 5.08. The SMILES string of the molecule is CO/C=C(\C(=O)OOc1cc(Oc2ccccc2C#N)ncn1)c1ccccc1. The molecule has 8 nitrogen and oxygen atoms in total. The topological polar surface area (TPSA) is 104 Å². The van der Waals surface area contributed by atoms with Crippen molar-refractivity contribution >= 4 is 11.5 Å². The van der Waals surface area contributed by atoms with E-state index in [1.54, 1.807) is 48.5 Å². The van der Waals surface area contributed by atoms with Crippen LogP contribution >= 0.6 is 0 Å². The fourth-order valence-electron chi connectivity index (χ4n) is 2.28. The smallest absolute Gasteiger partial charge is 0.389 e. The highest BCUT2D eigenvalue weighted by atomic mass is 17.2. The van der Waals surface area contributed by atoms with Gasteiger partial charge in [-0.3, -0.25) is 4.89 Å². The molecule has 0 unspecified atom stereocenters. The predicted octanol–water partition coefficient (Wildman–Crippen LogP) is 3.67. The molecule has 8 heteroatoms. The van der Waals surface area contributed by atoms with Crippen molar-refractivity contribution in [3.05, 3.63) is 84.4 Å². The van der Waals surface area contributed by atoms with Crippen molar-refractivity contribution in [2.45, 2.75) is 0 Å². The molecule has 3 aromatic rings. The first-order valence-electron chi connectivity index (χ1n) is 8.37. The number of rotatable bonds is 7. The van der Waals surface area contributed by atoms with Crippen molar-refractivity contribution in [1.82, 2.24) is 9.97 Å². The molecule has 1 heterocycles. The number of para-hydroxylation sites is 1. The molecule has 0 atom stereocenters. The van der Waals surface area contributed by atoms with Gasteiger partial charge in [0.1, 0.15) is 23.7 Å². The summed E-state index contributed by atoms with van der Waals surface area (Å²) < 4.78 is 10.5. The van der Waals surface area contributed by atoms with Crippen LogP contribution in [0.1, 0.15) is 11.1 Å². The van der Waals surface area contributed by atoms with Gasteiger partial charge in [0, 0.05) is 0 Å². The lowest BCUT2D eigenvalue weighted by Crippen LogP contribution is -2.11. The van der Waals surface area contributed by atoms with Gasteiger partial charge in [-0.25, -0.2) is 14.7 Å². The Balaban J connectivity index is 1.69. The largest absolute Gasteiger partial charge is 0.503 e.